The first-order chi connectivity index (χ1) is 23.5. The number of nitrogens with one attached hydrogen (secondary N) is 2. The maximum absolute atomic E-state index is 12.7. The smallest absolute Gasteiger partial charge is 0.370 e. The van der Waals surface area contributed by atoms with E-state index in [1.165, 1.54) is 0 Å². The summed E-state index contributed by atoms with van der Waals surface area (Å²) < 4.78 is 39.5. The summed E-state index contributed by atoms with van der Waals surface area (Å²) in [5.41, 5.74) is 17.0. The molecule has 280 valence electrons. The highest BCUT2D eigenvalue weighted by atomic mass is 32.2. The van der Waals surface area contributed by atoms with Crippen LogP contribution < -0.4 is 28.2 Å². The van der Waals surface area contributed by atoms with Gasteiger partial charge in [-0.15, -0.1) is 0 Å². The van der Waals surface area contributed by atoms with E-state index in [9.17, 15) is 18.0 Å². The normalized spacial score (nSPS) is 12.5. The van der Waals surface area contributed by atoms with Gasteiger partial charge in [-0.3, -0.25) is 9.56 Å². The van der Waals surface area contributed by atoms with Crippen LogP contribution in [0.15, 0.2) is 69.4 Å². The summed E-state index contributed by atoms with van der Waals surface area (Å²) in [5.74, 6) is 0.123. The van der Waals surface area contributed by atoms with E-state index < -0.39 is 5.51 Å². The lowest BCUT2D eigenvalue weighted by Crippen LogP contribution is -2.31. The minimum Gasteiger partial charge on any atom is -0.370 e. The molecule has 0 aliphatic rings. The number of thioether (sulfide) groups is 1. The van der Waals surface area contributed by atoms with Gasteiger partial charge in [0.05, 0.1) is 5.69 Å². The molecule has 0 aliphatic carbocycles. The molecule has 0 spiro atoms. The zero-order chi connectivity index (χ0) is 38.2. The molecule has 0 saturated carbocycles. The molecule has 13 heteroatoms. The van der Waals surface area contributed by atoms with Crippen LogP contribution in [0, 0.1) is 0 Å². The minimum atomic E-state index is -4.26. The number of aliphatic imine (C=N–C) groups is 1. The highest BCUT2D eigenvalue weighted by molar-refractivity contribution is 8.00. The monoisotopic (exact) mass is 728 g/mol. The molecule has 8 N–H and O–H groups in total. The number of benzene rings is 2. The van der Waals surface area contributed by atoms with Gasteiger partial charge >= 0.3 is 11.2 Å². The molecule has 0 amide bonds. The number of halogens is 3. The molecule has 0 saturated heterocycles. The van der Waals surface area contributed by atoms with Crippen LogP contribution in [0.1, 0.15) is 97.0 Å². The topological polar surface area (TPSA) is 153 Å². The Morgan fingerprint density at radius 2 is 1.59 bits per heavy atom. The van der Waals surface area contributed by atoms with Gasteiger partial charge in [-0.25, -0.2) is 4.79 Å². The van der Waals surface area contributed by atoms with Crippen LogP contribution in [0.5, 0.6) is 0 Å². The first-order valence-corrected chi connectivity index (χ1v) is 18.0. The van der Waals surface area contributed by atoms with Crippen molar-refractivity contribution in [1.82, 2.24) is 19.9 Å². The Kier molecular flexibility index (Phi) is 14.0. The summed E-state index contributed by atoms with van der Waals surface area (Å²) in [6, 6.07) is 15.2. The predicted octanol–water partition coefficient (Wildman–Crippen LogP) is 7.42. The molecule has 51 heavy (non-hydrogen) atoms. The first kappa shape index (κ1) is 41.6. The van der Waals surface area contributed by atoms with E-state index >= 15 is 0 Å². The van der Waals surface area contributed by atoms with Gasteiger partial charge in [-0.2, -0.15) is 18.2 Å². The van der Waals surface area contributed by atoms with E-state index in [-0.39, 0.29) is 44.7 Å². The molecule has 0 radical (unpaired) electrons. The van der Waals surface area contributed by atoms with Crippen molar-refractivity contribution < 1.29 is 13.2 Å². The van der Waals surface area contributed by atoms with E-state index in [0.29, 0.717) is 12.2 Å². The molecular weight excluding hydrogens is 674 g/mol. The van der Waals surface area contributed by atoms with Gasteiger partial charge in [0.1, 0.15) is 5.65 Å². The minimum absolute atomic E-state index is 0.0352. The van der Waals surface area contributed by atoms with E-state index in [1.54, 1.807) is 16.7 Å². The number of alkyl halides is 3. The summed E-state index contributed by atoms with van der Waals surface area (Å²) in [7, 11) is 0. The number of H-pyrrole nitrogens is 1. The van der Waals surface area contributed by atoms with Gasteiger partial charge in [0, 0.05) is 46.2 Å². The fourth-order valence-corrected chi connectivity index (χ4v) is 5.84. The van der Waals surface area contributed by atoms with Gasteiger partial charge < -0.3 is 27.5 Å². The largest absolute Gasteiger partial charge is 0.446 e. The van der Waals surface area contributed by atoms with Crippen molar-refractivity contribution in [2.24, 2.45) is 22.2 Å². The molecular formula is C38H55F3N8OS. The average molecular weight is 729 g/mol. The van der Waals surface area contributed by atoms with Crippen molar-refractivity contribution in [3.05, 3.63) is 87.6 Å². The summed E-state index contributed by atoms with van der Waals surface area (Å²) in [6.45, 7) is 18.5. The third kappa shape index (κ3) is 14.4. The Morgan fingerprint density at radius 3 is 2.16 bits per heavy atom. The molecule has 0 atom stereocenters. The molecule has 0 aliphatic heterocycles. The maximum atomic E-state index is 12.7. The molecule has 0 bridgehead atoms. The van der Waals surface area contributed by atoms with Crippen LogP contribution in [-0.4, -0.2) is 44.6 Å². The average Bonchev–Trinajstić information content (AvgIpc) is 3.41. The Morgan fingerprint density at radius 1 is 0.922 bits per heavy atom. The Hall–Kier alpha value is -3.81. The second-order valence-electron chi connectivity index (χ2n) is 15.6. The SMILES string of the molecule is CC(C)(C)c1cc2cn(-c3ccc(CNCCCN=C(N)N)cc3)c(=O)nc2[nH]1.CC(C)(N)CCCc1cc(SC(F)(F)F)cc(C(C)(C)C)c1. The van der Waals surface area contributed by atoms with Gasteiger partial charge in [-0.1, -0.05) is 59.7 Å². The molecule has 0 unspecified atom stereocenters. The zero-order valence-corrected chi connectivity index (χ0v) is 32.0. The zero-order valence-electron chi connectivity index (χ0n) is 31.2. The van der Waals surface area contributed by atoms with Gasteiger partial charge in [-0.05, 0) is 110 Å². The highest BCUT2D eigenvalue weighted by Gasteiger charge is 2.30. The van der Waals surface area contributed by atoms with Crippen molar-refractivity contribution in [3.63, 3.8) is 0 Å². The summed E-state index contributed by atoms with van der Waals surface area (Å²) in [4.78, 5) is 24.2. The number of guanidine groups is 1. The Labute approximate surface area is 304 Å². The highest BCUT2D eigenvalue weighted by Crippen LogP contribution is 2.39. The summed E-state index contributed by atoms with van der Waals surface area (Å²) in [5, 5.41) is 4.27. The predicted molar refractivity (Wildman–Crippen MR) is 206 cm³/mol. The van der Waals surface area contributed by atoms with Gasteiger partial charge in [0.2, 0.25) is 0 Å². The number of aryl methyl sites for hydroxylation is 1. The number of fused-ring (bicyclic) bond motifs is 1. The van der Waals surface area contributed by atoms with Gasteiger partial charge in [0.25, 0.3) is 0 Å². The standard InChI is InChI=1S/C21H29N7O.C17H26F3NS/c1-21(2,3)17-11-15-13-28(20(29)27-18(15)26-17)16-7-5-14(6-8-16)12-24-9-4-10-25-19(22)23;1-15(2,3)13-9-12(7-6-8-16(4,5)21)10-14(11-13)22-17(18,19)20/h5-8,11,13,24H,4,9-10,12H2,1-3H3,(H4,22,23,25)(H,26,27,29);9-11H,6-8,21H2,1-5H3. The number of nitrogens with zero attached hydrogens (tertiary/aromatic N) is 3. The van der Waals surface area contributed by atoms with Crippen LogP contribution in [-0.2, 0) is 23.8 Å². The van der Waals surface area contributed by atoms with E-state index in [2.05, 4.69) is 47.1 Å². The lowest BCUT2D eigenvalue weighted by molar-refractivity contribution is -0.0328. The summed E-state index contributed by atoms with van der Waals surface area (Å²) in [6.07, 6.45) is 5.16. The molecule has 4 aromatic rings. The van der Waals surface area contributed by atoms with Crippen LogP contribution >= 0.6 is 11.8 Å². The molecule has 4 rings (SSSR count). The van der Waals surface area contributed by atoms with Crippen LogP contribution in [0.3, 0.4) is 0 Å². The number of nitrogens with two attached hydrogens (primary N) is 3. The number of hydrogen-bond donors (Lipinski definition) is 5. The number of rotatable bonds is 12. The maximum Gasteiger partial charge on any atom is 0.446 e. The van der Waals surface area contributed by atoms with Crippen LogP contribution in [0.25, 0.3) is 16.7 Å². The lowest BCUT2D eigenvalue weighted by atomic mass is 9.85. The second-order valence-corrected chi connectivity index (χ2v) is 16.8. The molecule has 9 nitrogen and oxygen atoms in total. The number of hydrogen-bond acceptors (Lipinski definition) is 6. The van der Waals surface area contributed by atoms with Crippen LogP contribution in [0.4, 0.5) is 13.2 Å². The quantitative estimate of drug-likeness (QED) is 0.0441. The molecule has 2 heterocycles. The van der Waals surface area contributed by atoms with Crippen molar-refractivity contribution >= 4 is 28.8 Å². The number of aromatic amines is 1. The van der Waals surface area contributed by atoms with Crippen molar-refractivity contribution in [2.45, 2.75) is 114 Å². The first-order valence-electron chi connectivity index (χ1n) is 17.2. The van der Waals surface area contributed by atoms with Crippen molar-refractivity contribution in [2.75, 3.05) is 13.1 Å². The second kappa shape index (κ2) is 17.1. The number of aromatic nitrogens is 3. The molecule has 0 fully saturated rings. The van der Waals surface area contributed by atoms with E-state index in [4.69, 9.17) is 17.2 Å². The van der Waals surface area contributed by atoms with Gasteiger partial charge in [0.15, 0.2) is 5.96 Å². The lowest BCUT2D eigenvalue weighted by Gasteiger charge is -2.22. The third-order valence-corrected chi connectivity index (χ3v) is 8.72. The van der Waals surface area contributed by atoms with Crippen molar-refractivity contribution in [1.29, 1.82) is 0 Å². The van der Waals surface area contributed by atoms with E-state index in [1.807, 2.05) is 71.1 Å². The Balaban J connectivity index is 0.000000287. The van der Waals surface area contributed by atoms with Crippen LogP contribution in [0.2, 0.25) is 0 Å². The fraction of sp³-hybridized carbons (Fsp3) is 0.500. The van der Waals surface area contributed by atoms with Crippen molar-refractivity contribution in [3.8, 4) is 5.69 Å². The van der Waals surface area contributed by atoms with E-state index in [0.717, 1.165) is 72.2 Å². The Bertz CT molecular complexity index is 1810. The summed E-state index contributed by atoms with van der Waals surface area (Å²) >= 11 is -0.0405. The third-order valence-electron chi connectivity index (χ3n) is 8.02. The molecule has 2 aromatic carbocycles. The fourth-order valence-electron chi connectivity index (χ4n) is 5.18. The molecule has 2 aromatic heterocycles.